The first-order valence-electron chi connectivity index (χ1n) is 9.11. The molecule has 0 fully saturated rings. The van der Waals surface area contributed by atoms with E-state index in [2.05, 4.69) is 10.3 Å². The van der Waals surface area contributed by atoms with Crippen molar-refractivity contribution in [2.75, 3.05) is 6.54 Å². The van der Waals surface area contributed by atoms with Gasteiger partial charge >= 0.3 is 0 Å². The van der Waals surface area contributed by atoms with Gasteiger partial charge in [-0.15, -0.1) is 11.3 Å². The second kappa shape index (κ2) is 7.96. The number of hydrogen-bond donors (Lipinski definition) is 1. The highest BCUT2D eigenvalue weighted by molar-refractivity contribution is 7.15. The molecule has 1 aromatic carbocycles. The van der Waals surface area contributed by atoms with Crippen LogP contribution < -0.4 is 5.32 Å². The Morgan fingerprint density at radius 1 is 1.22 bits per heavy atom. The van der Waals surface area contributed by atoms with E-state index in [-0.39, 0.29) is 17.6 Å². The van der Waals surface area contributed by atoms with Gasteiger partial charge in [-0.3, -0.25) is 9.78 Å². The maximum atomic E-state index is 12.9. The number of benzene rings is 1. The van der Waals surface area contributed by atoms with Crippen molar-refractivity contribution in [3.05, 3.63) is 70.6 Å². The molecule has 1 amide bonds. The fraction of sp³-hybridized carbons (Fsp3) is 0.286. The summed E-state index contributed by atoms with van der Waals surface area (Å²) >= 11 is 1.64. The van der Waals surface area contributed by atoms with Gasteiger partial charge in [0.15, 0.2) is 0 Å². The molecule has 4 rings (SSSR count). The number of carbonyl (C=O) groups is 1. The van der Waals surface area contributed by atoms with Gasteiger partial charge in [-0.05, 0) is 55.5 Å². The van der Waals surface area contributed by atoms with E-state index in [0.29, 0.717) is 13.0 Å². The normalized spacial score (nSPS) is 16.0. The zero-order chi connectivity index (χ0) is 18.6. The Morgan fingerprint density at radius 3 is 2.85 bits per heavy atom. The van der Waals surface area contributed by atoms with E-state index in [1.165, 1.54) is 17.0 Å². The van der Waals surface area contributed by atoms with Crippen LogP contribution in [-0.4, -0.2) is 22.4 Å². The minimum Gasteiger partial charge on any atom is -0.356 e. The summed E-state index contributed by atoms with van der Waals surface area (Å²) in [4.78, 5) is 22.8. The number of pyridine rings is 1. The third-order valence-corrected chi connectivity index (χ3v) is 5.96. The van der Waals surface area contributed by atoms with E-state index < -0.39 is 0 Å². The van der Waals surface area contributed by atoms with Gasteiger partial charge in [0.2, 0.25) is 5.91 Å². The zero-order valence-electron chi connectivity index (χ0n) is 14.8. The average molecular weight is 381 g/mol. The summed E-state index contributed by atoms with van der Waals surface area (Å²) in [6, 6.07) is 12.2. The number of fused-ring (bicyclic) bond motifs is 1. The molecular weight excluding hydrogens is 361 g/mol. The van der Waals surface area contributed by atoms with Crippen LogP contribution in [0, 0.1) is 11.7 Å². The molecule has 138 valence electrons. The number of hydrogen-bond acceptors (Lipinski definition) is 4. The molecule has 0 aliphatic heterocycles. The molecule has 3 aromatic rings. The SMILES string of the molecule is O=C(NCCc1ccc(F)cc1)C1CCc2nc(-c3ccccn3)sc2C1. The molecule has 1 atom stereocenters. The first-order chi connectivity index (χ1) is 13.2. The molecule has 6 heteroatoms. The number of nitrogens with one attached hydrogen (secondary N) is 1. The highest BCUT2D eigenvalue weighted by Crippen LogP contribution is 2.33. The van der Waals surface area contributed by atoms with Gasteiger partial charge in [0.05, 0.1) is 11.4 Å². The summed E-state index contributed by atoms with van der Waals surface area (Å²) < 4.78 is 12.9. The van der Waals surface area contributed by atoms with E-state index >= 15 is 0 Å². The minimum absolute atomic E-state index is 0.0113. The fourth-order valence-corrected chi connectivity index (χ4v) is 4.49. The van der Waals surface area contributed by atoms with Crippen LogP contribution >= 0.6 is 11.3 Å². The van der Waals surface area contributed by atoms with E-state index in [4.69, 9.17) is 4.98 Å². The third-order valence-electron chi connectivity index (χ3n) is 4.82. The van der Waals surface area contributed by atoms with Crippen LogP contribution in [0.4, 0.5) is 4.39 Å². The van der Waals surface area contributed by atoms with Crippen molar-refractivity contribution in [2.45, 2.75) is 25.7 Å². The molecule has 0 spiro atoms. The Hall–Kier alpha value is -2.60. The van der Waals surface area contributed by atoms with Gasteiger partial charge < -0.3 is 5.32 Å². The maximum Gasteiger partial charge on any atom is 0.223 e. The molecule has 1 N–H and O–H groups in total. The summed E-state index contributed by atoms with van der Waals surface area (Å²) in [6.45, 7) is 0.565. The van der Waals surface area contributed by atoms with Gasteiger partial charge in [-0.25, -0.2) is 9.37 Å². The van der Waals surface area contributed by atoms with Gasteiger partial charge in [-0.2, -0.15) is 0 Å². The van der Waals surface area contributed by atoms with Crippen molar-refractivity contribution < 1.29 is 9.18 Å². The van der Waals surface area contributed by atoms with Gasteiger partial charge in [-0.1, -0.05) is 18.2 Å². The number of aromatic nitrogens is 2. The molecule has 27 heavy (non-hydrogen) atoms. The van der Waals surface area contributed by atoms with Gasteiger partial charge in [0.1, 0.15) is 10.8 Å². The highest BCUT2D eigenvalue weighted by Gasteiger charge is 2.27. The van der Waals surface area contributed by atoms with Crippen LogP contribution in [-0.2, 0) is 24.1 Å². The van der Waals surface area contributed by atoms with Crippen molar-refractivity contribution in [1.82, 2.24) is 15.3 Å². The number of aryl methyl sites for hydroxylation is 1. The Balaban J connectivity index is 1.34. The van der Waals surface area contributed by atoms with Crippen molar-refractivity contribution >= 4 is 17.2 Å². The van der Waals surface area contributed by atoms with Crippen LogP contribution in [0.1, 0.15) is 22.6 Å². The lowest BCUT2D eigenvalue weighted by molar-refractivity contribution is -0.125. The quantitative estimate of drug-likeness (QED) is 0.731. The number of carbonyl (C=O) groups excluding carboxylic acids is 1. The van der Waals surface area contributed by atoms with Gasteiger partial charge in [0.25, 0.3) is 0 Å². The van der Waals surface area contributed by atoms with Crippen LogP contribution in [0.15, 0.2) is 48.7 Å². The first kappa shape index (κ1) is 17.8. The van der Waals surface area contributed by atoms with Crippen molar-refractivity contribution in [1.29, 1.82) is 0 Å². The molecular formula is C21H20FN3OS. The number of thiazole rings is 1. The monoisotopic (exact) mass is 381 g/mol. The van der Waals surface area contributed by atoms with E-state index in [1.54, 1.807) is 29.7 Å². The summed E-state index contributed by atoms with van der Waals surface area (Å²) in [5.41, 5.74) is 3.01. The predicted octanol–water partition coefficient (Wildman–Crippen LogP) is 3.81. The number of amides is 1. The second-order valence-corrected chi connectivity index (χ2v) is 7.79. The largest absolute Gasteiger partial charge is 0.356 e. The Bertz CT molecular complexity index is 924. The molecule has 0 radical (unpaired) electrons. The van der Waals surface area contributed by atoms with Crippen LogP contribution in [0.3, 0.4) is 0 Å². The summed E-state index contributed by atoms with van der Waals surface area (Å²) in [5, 5.41) is 3.95. The van der Waals surface area contributed by atoms with Crippen molar-refractivity contribution in [3.63, 3.8) is 0 Å². The molecule has 1 aliphatic rings. The maximum absolute atomic E-state index is 12.9. The lowest BCUT2D eigenvalue weighted by Crippen LogP contribution is -2.35. The Morgan fingerprint density at radius 2 is 2.07 bits per heavy atom. The number of halogens is 1. The molecule has 0 bridgehead atoms. The second-order valence-electron chi connectivity index (χ2n) is 6.71. The lowest BCUT2D eigenvalue weighted by atomic mass is 9.90. The van der Waals surface area contributed by atoms with Crippen LogP contribution in [0.2, 0.25) is 0 Å². The molecule has 1 unspecified atom stereocenters. The summed E-state index contributed by atoms with van der Waals surface area (Å²) in [5.74, 6) is -0.159. The molecule has 1 aliphatic carbocycles. The Labute approximate surface area is 161 Å². The fourth-order valence-electron chi connectivity index (χ4n) is 3.32. The first-order valence-corrected chi connectivity index (χ1v) is 9.93. The highest BCUT2D eigenvalue weighted by atomic mass is 32.1. The van der Waals surface area contributed by atoms with Crippen LogP contribution in [0.25, 0.3) is 10.7 Å². The summed E-state index contributed by atoms with van der Waals surface area (Å²) in [6.07, 6.45) is 4.86. The predicted molar refractivity (Wildman–Crippen MR) is 104 cm³/mol. The molecule has 0 saturated heterocycles. The van der Waals surface area contributed by atoms with Crippen molar-refractivity contribution in [3.8, 4) is 10.7 Å². The number of rotatable bonds is 5. The Kier molecular flexibility index (Phi) is 5.25. The standard InChI is InChI=1S/C21H20FN3OS/c22-16-7-4-14(5-8-16)10-12-24-20(26)15-6-9-17-19(13-15)27-21(25-17)18-3-1-2-11-23-18/h1-5,7-8,11,15H,6,9-10,12-13H2,(H,24,26). The van der Waals surface area contributed by atoms with Crippen molar-refractivity contribution in [2.24, 2.45) is 5.92 Å². The smallest absolute Gasteiger partial charge is 0.223 e. The zero-order valence-corrected chi connectivity index (χ0v) is 15.6. The van der Waals surface area contributed by atoms with E-state index in [1.807, 2.05) is 18.2 Å². The molecule has 2 aromatic heterocycles. The topological polar surface area (TPSA) is 54.9 Å². The average Bonchev–Trinajstić information content (AvgIpc) is 3.13. The molecule has 0 saturated carbocycles. The molecule has 2 heterocycles. The summed E-state index contributed by atoms with van der Waals surface area (Å²) in [7, 11) is 0. The van der Waals surface area contributed by atoms with Crippen LogP contribution in [0.5, 0.6) is 0 Å². The van der Waals surface area contributed by atoms with Gasteiger partial charge in [0, 0.05) is 23.5 Å². The number of nitrogens with zero attached hydrogens (tertiary/aromatic N) is 2. The van der Waals surface area contributed by atoms with E-state index in [9.17, 15) is 9.18 Å². The third kappa shape index (κ3) is 4.22. The lowest BCUT2D eigenvalue weighted by Gasteiger charge is -2.20. The minimum atomic E-state index is -0.240. The molecule has 4 nitrogen and oxygen atoms in total. The van der Waals surface area contributed by atoms with E-state index in [0.717, 1.165) is 41.2 Å².